The van der Waals surface area contributed by atoms with Gasteiger partial charge in [-0.25, -0.2) is 13.2 Å². The number of halogens is 3. The van der Waals surface area contributed by atoms with Gasteiger partial charge < -0.3 is 5.11 Å². The maximum Gasteiger partial charge on any atom is 0.162 e. The first-order chi connectivity index (χ1) is 9.04. The molecule has 4 heteroatoms. The SMILES string of the molecule is C=C/C(Cc1ccc(CCC)c(F)c1F)=C(/O)CF. The van der Waals surface area contributed by atoms with Gasteiger partial charge in [-0.1, -0.05) is 38.1 Å². The van der Waals surface area contributed by atoms with Crippen LogP contribution in [-0.4, -0.2) is 11.8 Å². The molecule has 0 saturated carbocycles. The number of aliphatic hydroxyl groups excluding tert-OH is 1. The average molecular weight is 270 g/mol. The van der Waals surface area contributed by atoms with Gasteiger partial charge in [-0.3, -0.25) is 0 Å². The van der Waals surface area contributed by atoms with Crippen LogP contribution in [0.2, 0.25) is 0 Å². The van der Waals surface area contributed by atoms with Crippen LogP contribution >= 0.6 is 0 Å². The summed E-state index contributed by atoms with van der Waals surface area (Å²) >= 11 is 0. The lowest BCUT2D eigenvalue weighted by molar-refractivity contribution is 0.338. The Morgan fingerprint density at radius 2 is 1.84 bits per heavy atom. The minimum absolute atomic E-state index is 0.0762. The molecule has 0 radical (unpaired) electrons. The van der Waals surface area contributed by atoms with Gasteiger partial charge in [0.1, 0.15) is 12.4 Å². The highest BCUT2D eigenvalue weighted by atomic mass is 19.2. The fraction of sp³-hybridized carbons (Fsp3) is 0.333. The van der Waals surface area contributed by atoms with Crippen molar-refractivity contribution in [2.45, 2.75) is 26.2 Å². The topological polar surface area (TPSA) is 20.2 Å². The summed E-state index contributed by atoms with van der Waals surface area (Å²) in [5, 5.41) is 9.30. The molecule has 0 amide bonds. The van der Waals surface area contributed by atoms with E-state index >= 15 is 0 Å². The van der Waals surface area contributed by atoms with E-state index in [0.29, 0.717) is 12.0 Å². The lowest BCUT2D eigenvalue weighted by Crippen LogP contribution is -2.02. The molecule has 0 aliphatic carbocycles. The molecule has 0 aliphatic rings. The Bertz CT molecular complexity index is 492. The second kappa shape index (κ2) is 7.02. The quantitative estimate of drug-likeness (QED) is 0.599. The molecule has 1 aromatic rings. The molecule has 104 valence electrons. The van der Waals surface area contributed by atoms with Crippen LogP contribution in [0.3, 0.4) is 0 Å². The van der Waals surface area contributed by atoms with Crippen molar-refractivity contribution in [2.24, 2.45) is 0 Å². The standard InChI is InChI=1S/C15H17F3O/c1-3-5-11-6-7-12(15(18)14(11)17)8-10(4-2)13(19)9-16/h4,6-7,19H,2-3,5,8-9H2,1H3/b13-10-. The molecule has 0 aliphatic heterocycles. The molecule has 1 rings (SSSR count). The van der Waals surface area contributed by atoms with E-state index < -0.39 is 24.1 Å². The summed E-state index contributed by atoms with van der Waals surface area (Å²) in [5.74, 6) is -2.33. The Labute approximate surface area is 111 Å². The molecule has 0 fully saturated rings. The molecule has 0 bridgehead atoms. The number of aliphatic hydroxyl groups is 1. The summed E-state index contributed by atoms with van der Waals surface area (Å²) in [4.78, 5) is 0. The number of hydrogen-bond donors (Lipinski definition) is 1. The zero-order chi connectivity index (χ0) is 14.4. The molecule has 1 aromatic carbocycles. The van der Waals surface area contributed by atoms with Crippen molar-refractivity contribution in [1.82, 2.24) is 0 Å². The first kappa shape index (κ1) is 15.3. The van der Waals surface area contributed by atoms with Crippen LogP contribution in [0.4, 0.5) is 13.2 Å². The molecule has 0 aromatic heterocycles. The third-order valence-corrected chi connectivity index (χ3v) is 2.89. The first-order valence-electron chi connectivity index (χ1n) is 6.10. The van der Waals surface area contributed by atoms with E-state index in [9.17, 15) is 18.3 Å². The van der Waals surface area contributed by atoms with Crippen molar-refractivity contribution in [3.63, 3.8) is 0 Å². The number of rotatable bonds is 6. The van der Waals surface area contributed by atoms with Gasteiger partial charge in [-0.05, 0) is 23.1 Å². The van der Waals surface area contributed by atoms with Crippen LogP contribution in [0.25, 0.3) is 0 Å². The van der Waals surface area contributed by atoms with E-state index in [2.05, 4.69) is 6.58 Å². The molecular formula is C15H17F3O. The third kappa shape index (κ3) is 3.63. The third-order valence-electron chi connectivity index (χ3n) is 2.89. The van der Waals surface area contributed by atoms with Gasteiger partial charge >= 0.3 is 0 Å². The molecular weight excluding hydrogens is 253 g/mol. The number of alkyl halides is 1. The van der Waals surface area contributed by atoms with E-state index in [1.165, 1.54) is 18.2 Å². The van der Waals surface area contributed by atoms with Crippen LogP contribution in [0.1, 0.15) is 24.5 Å². The summed E-state index contributed by atoms with van der Waals surface area (Å²) in [7, 11) is 0. The Balaban J connectivity index is 3.10. The van der Waals surface area contributed by atoms with Gasteiger partial charge in [0, 0.05) is 6.42 Å². The van der Waals surface area contributed by atoms with E-state index in [4.69, 9.17) is 0 Å². The smallest absolute Gasteiger partial charge is 0.162 e. The van der Waals surface area contributed by atoms with Crippen molar-refractivity contribution in [2.75, 3.05) is 6.67 Å². The van der Waals surface area contributed by atoms with Gasteiger partial charge in [0.05, 0.1) is 0 Å². The second-order valence-corrected chi connectivity index (χ2v) is 4.25. The highest BCUT2D eigenvalue weighted by Gasteiger charge is 2.14. The van der Waals surface area contributed by atoms with Crippen LogP contribution < -0.4 is 0 Å². The Morgan fingerprint density at radius 1 is 1.26 bits per heavy atom. The zero-order valence-corrected chi connectivity index (χ0v) is 10.8. The number of allylic oxidation sites excluding steroid dienone is 3. The fourth-order valence-corrected chi connectivity index (χ4v) is 1.81. The average Bonchev–Trinajstić information content (AvgIpc) is 2.42. The predicted molar refractivity (Wildman–Crippen MR) is 69.9 cm³/mol. The number of hydrogen-bond acceptors (Lipinski definition) is 1. The minimum Gasteiger partial charge on any atom is -0.509 e. The van der Waals surface area contributed by atoms with Gasteiger partial charge in [0.25, 0.3) is 0 Å². The van der Waals surface area contributed by atoms with Gasteiger partial charge in [-0.15, -0.1) is 0 Å². The van der Waals surface area contributed by atoms with Gasteiger partial charge in [0.15, 0.2) is 11.6 Å². The minimum atomic E-state index is -1.06. The molecule has 0 atom stereocenters. The maximum absolute atomic E-state index is 13.8. The van der Waals surface area contributed by atoms with Crippen molar-refractivity contribution in [3.8, 4) is 0 Å². The molecule has 19 heavy (non-hydrogen) atoms. The monoisotopic (exact) mass is 270 g/mol. The highest BCUT2D eigenvalue weighted by Crippen LogP contribution is 2.21. The van der Waals surface area contributed by atoms with Gasteiger partial charge in [-0.2, -0.15) is 0 Å². The highest BCUT2D eigenvalue weighted by molar-refractivity contribution is 5.33. The molecule has 1 nitrogen and oxygen atoms in total. The summed E-state index contributed by atoms with van der Waals surface area (Å²) in [6.07, 6.45) is 2.33. The lowest BCUT2D eigenvalue weighted by Gasteiger charge is -2.09. The lowest BCUT2D eigenvalue weighted by atomic mass is 10.00. The molecule has 0 unspecified atom stereocenters. The second-order valence-electron chi connectivity index (χ2n) is 4.25. The van der Waals surface area contributed by atoms with Crippen LogP contribution in [0.15, 0.2) is 36.1 Å². The van der Waals surface area contributed by atoms with E-state index in [1.807, 2.05) is 6.92 Å². The van der Waals surface area contributed by atoms with Crippen molar-refractivity contribution < 1.29 is 18.3 Å². The van der Waals surface area contributed by atoms with Crippen molar-refractivity contribution in [3.05, 3.63) is 58.9 Å². The van der Waals surface area contributed by atoms with Gasteiger partial charge in [0.2, 0.25) is 0 Å². The summed E-state index contributed by atoms with van der Waals surface area (Å²) in [6.45, 7) is 4.25. The fourth-order valence-electron chi connectivity index (χ4n) is 1.81. The summed E-state index contributed by atoms with van der Waals surface area (Å²) in [5.41, 5.74) is 0.555. The van der Waals surface area contributed by atoms with E-state index in [0.717, 1.165) is 6.42 Å². The summed E-state index contributed by atoms with van der Waals surface area (Å²) in [6, 6.07) is 2.98. The van der Waals surface area contributed by atoms with Crippen molar-refractivity contribution in [1.29, 1.82) is 0 Å². The summed E-state index contributed by atoms with van der Waals surface area (Å²) < 4.78 is 39.9. The largest absolute Gasteiger partial charge is 0.509 e. The van der Waals surface area contributed by atoms with Crippen LogP contribution in [0.5, 0.6) is 0 Å². The molecule has 0 saturated heterocycles. The molecule has 0 heterocycles. The normalized spacial score (nSPS) is 12.2. The zero-order valence-electron chi connectivity index (χ0n) is 10.8. The Morgan fingerprint density at radius 3 is 2.37 bits per heavy atom. The first-order valence-corrected chi connectivity index (χ1v) is 6.10. The van der Waals surface area contributed by atoms with E-state index in [-0.39, 0.29) is 17.6 Å². The maximum atomic E-state index is 13.8. The van der Waals surface area contributed by atoms with Crippen LogP contribution in [0, 0.1) is 11.6 Å². The van der Waals surface area contributed by atoms with Crippen molar-refractivity contribution >= 4 is 0 Å². The van der Waals surface area contributed by atoms with E-state index in [1.54, 1.807) is 0 Å². The number of benzene rings is 1. The number of aryl methyl sites for hydroxylation is 1. The molecule has 0 spiro atoms. The van der Waals surface area contributed by atoms with Crippen LogP contribution in [-0.2, 0) is 12.8 Å². The Hall–Kier alpha value is -1.71. The predicted octanol–water partition coefficient (Wildman–Crippen LogP) is 4.43. The molecule has 1 N–H and O–H groups in total. The Kier molecular flexibility index (Phi) is 5.67.